The summed E-state index contributed by atoms with van der Waals surface area (Å²) in [7, 11) is 0. The second kappa shape index (κ2) is 7.72. The van der Waals surface area contributed by atoms with E-state index < -0.39 is 11.8 Å². The van der Waals surface area contributed by atoms with Gasteiger partial charge in [0.1, 0.15) is 0 Å². The Labute approximate surface area is 123 Å². The van der Waals surface area contributed by atoms with Crippen molar-refractivity contribution in [2.45, 2.75) is 13.5 Å². The van der Waals surface area contributed by atoms with Gasteiger partial charge in [0.2, 0.25) is 11.8 Å². The van der Waals surface area contributed by atoms with Crippen LogP contribution in [0.1, 0.15) is 12.5 Å². The Morgan fingerprint density at radius 3 is 2.30 bits per heavy atom. The molecule has 2 amide bonds. The molecule has 0 heterocycles. The second-order valence-corrected chi connectivity index (χ2v) is 4.76. The van der Waals surface area contributed by atoms with E-state index >= 15 is 0 Å². The molecule has 0 radical (unpaired) electrons. The fraction of sp³-hybridized carbons (Fsp3) is 0.385. The van der Waals surface area contributed by atoms with Gasteiger partial charge in [-0.15, -0.1) is 0 Å². The molecule has 0 aliphatic heterocycles. The van der Waals surface area contributed by atoms with Crippen molar-refractivity contribution < 1.29 is 9.59 Å². The van der Waals surface area contributed by atoms with Crippen molar-refractivity contribution in [3.8, 4) is 0 Å². The number of nitrogens with zero attached hydrogens (tertiary/aromatic N) is 1. The zero-order chi connectivity index (χ0) is 15.1. The van der Waals surface area contributed by atoms with Gasteiger partial charge in [-0.3, -0.25) is 9.59 Å². The third kappa shape index (κ3) is 5.07. The Hall–Kier alpha value is -1.79. The van der Waals surface area contributed by atoms with Crippen LogP contribution in [0.5, 0.6) is 0 Å². The van der Waals surface area contributed by atoms with E-state index in [1.165, 1.54) is 4.90 Å². The van der Waals surface area contributed by atoms with Crippen LogP contribution in [0.25, 0.3) is 0 Å². The first-order valence-electron chi connectivity index (χ1n) is 6.24. The predicted molar refractivity (Wildman–Crippen MR) is 79.4 cm³/mol. The van der Waals surface area contributed by atoms with Crippen LogP contribution in [0.4, 0.5) is 5.69 Å². The SMILES string of the molecule is CCNCc1ccc(N(CC(N)=O)CC(N)=O)c(Cl)c1. The summed E-state index contributed by atoms with van der Waals surface area (Å²) < 4.78 is 0. The lowest BCUT2D eigenvalue weighted by atomic mass is 10.2. The maximum atomic E-state index is 11.1. The van der Waals surface area contributed by atoms with Gasteiger partial charge in [-0.05, 0) is 24.2 Å². The first-order chi connectivity index (χ1) is 9.43. The van der Waals surface area contributed by atoms with Crippen LogP contribution in [-0.2, 0) is 16.1 Å². The first-order valence-corrected chi connectivity index (χ1v) is 6.62. The van der Waals surface area contributed by atoms with Crippen molar-refractivity contribution >= 4 is 29.1 Å². The standard InChI is InChI=1S/C13H19ClN4O2/c1-2-17-6-9-3-4-11(10(14)5-9)18(7-12(15)19)8-13(16)20/h3-5,17H,2,6-8H2,1H3,(H2,15,19)(H2,16,20). The number of nitrogens with two attached hydrogens (primary N) is 2. The molecular formula is C13H19ClN4O2. The zero-order valence-electron chi connectivity index (χ0n) is 11.4. The number of carbonyl (C=O) groups excluding carboxylic acids is 2. The highest BCUT2D eigenvalue weighted by Gasteiger charge is 2.15. The fourth-order valence-electron chi connectivity index (χ4n) is 1.79. The van der Waals surface area contributed by atoms with Gasteiger partial charge in [0.05, 0.1) is 23.8 Å². The predicted octanol–water partition coefficient (Wildman–Crippen LogP) is 0.227. The number of benzene rings is 1. The summed E-state index contributed by atoms with van der Waals surface area (Å²) in [5.74, 6) is -1.11. The van der Waals surface area contributed by atoms with Crippen molar-refractivity contribution in [3.05, 3.63) is 28.8 Å². The molecule has 1 rings (SSSR count). The zero-order valence-corrected chi connectivity index (χ0v) is 12.1. The maximum absolute atomic E-state index is 11.1. The number of anilines is 1. The highest BCUT2D eigenvalue weighted by Crippen LogP contribution is 2.26. The number of carbonyl (C=O) groups is 2. The monoisotopic (exact) mass is 298 g/mol. The van der Waals surface area contributed by atoms with Gasteiger partial charge in [0.15, 0.2) is 0 Å². The molecule has 1 aromatic carbocycles. The molecule has 0 saturated heterocycles. The smallest absolute Gasteiger partial charge is 0.236 e. The topological polar surface area (TPSA) is 101 Å². The number of hydrogen-bond acceptors (Lipinski definition) is 4. The lowest BCUT2D eigenvalue weighted by Crippen LogP contribution is -2.39. The van der Waals surface area contributed by atoms with Crippen LogP contribution in [-0.4, -0.2) is 31.4 Å². The summed E-state index contributed by atoms with van der Waals surface area (Å²) in [4.78, 5) is 23.6. The Balaban J connectivity index is 2.95. The molecule has 1 aromatic rings. The number of amides is 2. The van der Waals surface area contributed by atoms with Gasteiger partial charge in [-0.2, -0.15) is 0 Å². The Bertz CT molecular complexity index is 477. The van der Waals surface area contributed by atoms with Crippen LogP contribution in [0.2, 0.25) is 5.02 Å². The number of hydrogen-bond donors (Lipinski definition) is 3. The Kier molecular flexibility index (Phi) is 6.27. The molecule has 0 aliphatic rings. The highest BCUT2D eigenvalue weighted by molar-refractivity contribution is 6.33. The number of rotatable bonds is 8. The summed E-state index contributed by atoms with van der Waals surface area (Å²) in [5, 5.41) is 3.63. The molecule has 0 bridgehead atoms. The molecule has 20 heavy (non-hydrogen) atoms. The number of halogens is 1. The second-order valence-electron chi connectivity index (χ2n) is 4.35. The molecular weight excluding hydrogens is 280 g/mol. The summed E-state index contributed by atoms with van der Waals surface area (Å²) in [6, 6.07) is 5.41. The minimum atomic E-state index is -0.556. The molecule has 110 valence electrons. The highest BCUT2D eigenvalue weighted by atomic mass is 35.5. The molecule has 0 unspecified atom stereocenters. The van der Waals surface area contributed by atoms with E-state index in [-0.39, 0.29) is 13.1 Å². The van der Waals surface area contributed by atoms with Crippen LogP contribution in [0.15, 0.2) is 18.2 Å². The average molecular weight is 299 g/mol. The molecule has 0 saturated carbocycles. The van der Waals surface area contributed by atoms with Crippen molar-refractivity contribution in [2.75, 3.05) is 24.5 Å². The van der Waals surface area contributed by atoms with E-state index in [0.29, 0.717) is 17.3 Å². The molecule has 7 heteroatoms. The third-order valence-electron chi connectivity index (χ3n) is 2.63. The van der Waals surface area contributed by atoms with Crippen LogP contribution >= 0.6 is 11.6 Å². The van der Waals surface area contributed by atoms with Crippen molar-refractivity contribution in [3.63, 3.8) is 0 Å². The van der Waals surface area contributed by atoms with Crippen molar-refractivity contribution in [1.29, 1.82) is 0 Å². The van der Waals surface area contributed by atoms with Gasteiger partial charge in [0.25, 0.3) is 0 Å². The van der Waals surface area contributed by atoms with Gasteiger partial charge in [-0.1, -0.05) is 24.6 Å². The molecule has 6 nitrogen and oxygen atoms in total. The van der Waals surface area contributed by atoms with Gasteiger partial charge < -0.3 is 21.7 Å². The summed E-state index contributed by atoms with van der Waals surface area (Å²) >= 11 is 6.20. The summed E-state index contributed by atoms with van der Waals surface area (Å²) in [6.45, 7) is 3.33. The third-order valence-corrected chi connectivity index (χ3v) is 2.93. The van der Waals surface area contributed by atoms with Gasteiger partial charge in [-0.25, -0.2) is 0 Å². The van der Waals surface area contributed by atoms with Gasteiger partial charge in [0, 0.05) is 6.54 Å². The van der Waals surface area contributed by atoms with E-state index in [1.54, 1.807) is 12.1 Å². The summed E-state index contributed by atoms with van der Waals surface area (Å²) in [5.41, 5.74) is 11.9. The van der Waals surface area contributed by atoms with Gasteiger partial charge >= 0.3 is 0 Å². The molecule has 5 N–H and O–H groups in total. The van der Waals surface area contributed by atoms with Crippen molar-refractivity contribution in [1.82, 2.24) is 5.32 Å². The summed E-state index contributed by atoms with van der Waals surface area (Å²) in [6.07, 6.45) is 0. The molecule has 0 aliphatic carbocycles. The maximum Gasteiger partial charge on any atom is 0.236 e. The lowest BCUT2D eigenvalue weighted by molar-refractivity contribution is -0.117. The molecule has 0 spiro atoms. The number of primary amides is 2. The molecule has 0 aromatic heterocycles. The number of nitrogens with one attached hydrogen (secondary N) is 1. The van der Waals surface area contributed by atoms with E-state index in [4.69, 9.17) is 23.1 Å². The molecule has 0 atom stereocenters. The first kappa shape index (κ1) is 16.3. The normalized spacial score (nSPS) is 10.3. The fourth-order valence-corrected chi connectivity index (χ4v) is 2.11. The Morgan fingerprint density at radius 2 is 1.85 bits per heavy atom. The molecule has 0 fully saturated rings. The quantitative estimate of drug-likeness (QED) is 0.639. The van der Waals surface area contributed by atoms with Crippen LogP contribution in [0.3, 0.4) is 0 Å². The van der Waals surface area contributed by atoms with E-state index in [1.807, 2.05) is 13.0 Å². The van der Waals surface area contributed by atoms with E-state index in [9.17, 15) is 9.59 Å². The minimum Gasteiger partial charge on any atom is -0.368 e. The lowest BCUT2D eigenvalue weighted by Gasteiger charge is -2.23. The van der Waals surface area contributed by atoms with E-state index in [2.05, 4.69) is 5.32 Å². The minimum absolute atomic E-state index is 0.116. The van der Waals surface area contributed by atoms with Crippen LogP contribution in [0, 0.1) is 0 Å². The Morgan fingerprint density at radius 1 is 1.25 bits per heavy atom. The van der Waals surface area contributed by atoms with E-state index in [0.717, 1.165) is 12.1 Å². The largest absolute Gasteiger partial charge is 0.368 e. The van der Waals surface area contributed by atoms with Crippen molar-refractivity contribution in [2.24, 2.45) is 11.5 Å². The average Bonchev–Trinajstić information content (AvgIpc) is 2.34. The van der Waals surface area contributed by atoms with Crippen LogP contribution < -0.4 is 21.7 Å².